The van der Waals surface area contributed by atoms with Gasteiger partial charge in [0.25, 0.3) is 5.91 Å². The van der Waals surface area contributed by atoms with Gasteiger partial charge in [-0.05, 0) is 43.0 Å². The summed E-state index contributed by atoms with van der Waals surface area (Å²) in [6.45, 7) is 6.64. The standard InChI is InChI=1S/C19H29N3O2.ClH/c1-14(2)18(23)21(3)13-16-4-6-17(7-5-16)19(24)22-10-8-15(12-20)9-11-22;/h4-7,14-15H,8-13,20H2,1-3H3;1H. The van der Waals surface area contributed by atoms with Crippen molar-refractivity contribution in [2.45, 2.75) is 33.2 Å². The van der Waals surface area contributed by atoms with Crippen molar-refractivity contribution in [1.29, 1.82) is 0 Å². The molecule has 6 heteroatoms. The van der Waals surface area contributed by atoms with Crippen LogP contribution in [0.1, 0.15) is 42.6 Å². The van der Waals surface area contributed by atoms with E-state index < -0.39 is 0 Å². The van der Waals surface area contributed by atoms with Gasteiger partial charge in [0.2, 0.25) is 5.91 Å². The highest BCUT2D eigenvalue weighted by Gasteiger charge is 2.22. The normalized spacial score (nSPS) is 15.0. The lowest BCUT2D eigenvalue weighted by atomic mass is 9.96. The summed E-state index contributed by atoms with van der Waals surface area (Å²) in [6.07, 6.45) is 1.98. The van der Waals surface area contributed by atoms with Crippen molar-refractivity contribution in [1.82, 2.24) is 9.80 Å². The van der Waals surface area contributed by atoms with Crippen LogP contribution in [0.5, 0.6) is 0 Å². The van der Waals surface area contributed by atoms with Crippen molar-refractivity contribution in [2.24, 2.45) is 17.6 Å². The van der Waals surface area contributed by atoms with Gasteiger partial charge in [-0.2, -0.15) is 0 Å². The second-order valence-corrected chi connectivity index (χ2v) is 7.02. The van der Waals surface area contributed by atoms with Crippen molar-refractivity contribution in [2.75, 3.05) is 26.7 Å². The summed E-state index contributed by atoms with van der Waals surface area (Å²) in [7, 11) is 1.81. The molecule has 1 saturated heterocycles. The van der Waals surface area contributed by atoms with Crippen molar-refractivity contribution in [3.8, 4) is 0 Å². The lowest BCUT2D eigenvalue weighted by molar-refractivity contribution is -0.133. The molecule has 1 aromatic rings. The highest BCUT2D eigenvalue weighted by molar-refractivity contribution is 5.94. The molecule has 2 N–H and O–H groups in total. The Hall–Kier alpha value is -1.59. The second kappa shape index (κ2) is 9.78. The Morgan fingerprint density at radius 1 is 1.20 bits per heavy atom. The van der Waals surface area contributed by atoms with Crippen molar-refractivity contribution < 1.29 is 9.59 Å². The van der Waals surface area contributed by atoms with Crippen LogP contribution < -0.4 is 5.73 Å². The van der Waals surface area contributed by atoms with E-state index in [9.17, 15) is 9.59 Å². The molecule has 2 amide bonds. The summed E-state index contributed by atoms with van der Waals surface area (Å²) in [5.74, 6) is 0.749. The first-order chi connectivity index (χ1) is 11.4. The quantitative estimate of drug-likeness (QED) is 0.869. The zero-order valence-corrected chi connectivity index (χ0v) is 16.2. The van der Waals surface area contributed by atoms with Crippen molar-refractivity contribution in [3.05, 3.63) is 35.4 Å². The molecule has 1 aromatic carbocycles. The van der Waals surface area contributed by atoms with Gasteiger partial charge in [0.05, 0.1) is 0 Å². The molecule has 0 radical (unpaired) electrons. The van der Waals surface area contributed by atoms with Crippen LogP contribution in [0, 0.1) is 11.8 Å². The molecule has 0 atom stereocenters. The number of halogens is 1. The fraction of sp³-hybridized carbons (Fsp3) is 0.579. The van der Waals surface area contributed by atoms with E-state index in [1.54, 1.807) is 4.90 Å². The predicted octanol–water partition coefficient (Wildman–Crippen LogP) is 2.53. The number of amides is 2. The van der Waals surface area contributed by atoms with Crippen molar-refractivity contribution >= 4 is 24.2 Å². The molecule has 0 aromatic heterocycles. The Morgan fingerprint density at radius 2 is 1.76 bits per heavy atom. The lowest BCUT2D eigenvalue weighted by Gasteiger charge is -2.31. The monoisotopic (exact) mass is 367 g/mol. The van der Waals surface area contributed by atoms with Crippen molar-refractivity contribution in [3.63, 3.8) is 0 Å². The van der Waals surface area contributed by atoms with E-state index >= 15 is 0 Å². The highest BCUT2D eigenvalue weighted by Crippen LogP contribution is 2.18. The summed E-state index contributed by atoms with van der Waals surface area (Å²) < 4.78 is 0. The molecule has 0 saturated carbocycles. The Bertz CT molecular complexity index is 567. The smallest absolute Gasteiger partial charge is 0.253 e. The number of rotatable bonds is 5. The number of nitrogens with two attached hydrogens (primary N) is 1. The minimum atomic E-state index is -0.00713. The lowest BCUT2D eigenvalue weighted by Crippen LogP contribution is -2.40. The van der Waals surface area contributed by atoms with Crippen LogP contribution in [0.15, 0.2) is 24.3 Å². The average molecular weight is 368 g/mol. The maximum absolute atomic E-state index is 12.6. The van der Waals surface area contributed by atoms with Gasteiger partial charge >= 0.3 is 0 Å². The van der Waals surface area contributed by atoms with Gasteiger partial charge in [0.1, 0.15) is 0 Å². The molecule has 1 heterocycles. The largest absolute Gasteiger partial charge is 0.341 e. The van der Waals surface area contributed by atoms with Gasteiger partial charge in [-0.1, -0.05) is 26.0 Å². The van der Waals surface area contributed by atoms with Gasteiger partial charge in [-0.25, -0.2) is 0 Å². The summed E-state index contributed by atoms with van der Waals surface area (Å²) >= 11 is 0. The number of nitrogens with zero attached hydrogens (tertiary/aromatic N) is 2. The summed E-state index contributed by atoms with van der Waals surface area (Å²) in [5.41, 5.74) is 7.44. The highest BCUT2D eigenvalue weighted by atomic mass is 35.5. The van der Waals surface area contributed by atoms with Crippen LogP contribution in [0.4, 0.5) is 0 Å². The van der Waals surface area contributed by atoms with Gasteiger partial charge in [-0.3, -0.25) is 9.59 Å². The van der Waals surface area contributed by atoms with Gasteiger partial charge in [0, 0.05) is 38.2 Å². The molecule has 2 rings (SSSR count). The predicted molar refractivity (Wildman–Crippen MR) is 103 cm³/mol. The van der Waals surface area contributed by atoms with E-state index in [0.717, 1.165) is 31.5 Å². The van der Waals surface area contributed by atoms with Gasteiger partial charge in [-0.15, -0.1) is 12.4 Å². The first-order valence-corrected chi connectivity index (χ1v) is 8.75. The molecular weight excluding hydrogens is 338 g/mol. The van der Waals surface area contributed by atoms with E-state index in [4.69, 9.17) is 5.73 Å². The Labute approximate surface area is 157 Å². The topological polar surface area (TPSA) is 66.6 Å². The SMILES string of the molecule is CC(C)C(=O)N(C)Cc1ccc(C(=O)N2CCC(CN)CC2)cc1.Cl. The maximum Gasteiger partial charge on any atom is 0.253 e. The van der Waals surface area contributed by atoms with E-state index in [2.05, 4.69) is 0 Å². The maximum atomic E-state index is 12.6. The van der Waals surface area contributed by atoms with E-state index in [1.165, 1.54) is 0 Å². The number of carbonyl (C=O) groups excluding carboxylic acids is 2. The molecule has 0 aliphatic carbocycles. The third-order valence-electron chi connectivity index (χ3n) is 4.73. The van der Waals surface area contributed by atoms with Gasteiger partial charge in [0.15, 0.2) is 0 Å². The minimum Gasteiger partial charge on any atom is -0.341 e. The van der Waals surface area contributed by atoms with Crippen LogP contribution >= 0.6 is 12.4 Å². The summed E-state index contributed by atoms with van der Waals surface area (Å²) in [6, 6.07) is 7.59. The first kappa shape index (κ1) is 21.5. The zero-order chi connectivity index (χ0) is 17.7. The first-order valence-electron chi connectivity index (χ1n) is 8.75. The number of likely N-dealkylation sites (tertiary alicyclic amines) is 1. The van der Waals surface area contributed by atoms with Crippen LogP contribution in [0.3, 0.4) is 0 Å². The van der Waals surface area contributed by atoms with E-state index in [-0.39, 0.29) is 30.1 Å². The van der Waals surface area contributed by atoms with Crippen LogP contribution in [0.25, 0.3) is 0 Å². The fourth-order valence-corrected chi connectivity index (χ4v) is 3.10. The molecule has 1 aliphatic rings. The van der Waals surface area contributed by atoms with Gasteiger partial charge < -0.3 is 15.5 Å². The molecule has 0 bridgehead atoms. The molecule has 5 nitrogen and oxygen atoms in total. The summed E-state index contributed by atoms with van der Waals surface area (Å²) in [5, 5.41) is 0. The third kappa shape index (κ3) is 5.72. The summed E-state index contributed by atoms with van der Waals surface area (Å²) in [4.78, 5) is 28.1. The Balaban J connectivity index is 0.00000312. The Kier molecular flexibility index (Phi) is 8.39. The number of hydrogen-bond donors (Lipinski definition) is 1. The fourth-order valence-electron chi connectivity index (χ4n) is 3.10. The van der Waals surface area contributed by atoms with Crippen LogP contribution in [-0.2, 0) is 11.3 Å². The molecule has 0 spiro atoms. The molecule has 1 aliphatic heterocycles. The van der Waals surface area contributed by atoms with E-state index in [0.29, 0.717) is 24.6 Å². The molecule has 0 unspecified atom stereocenters. The molecule has 1 fully saturated rings. The van der Waals surface area contributed by atoms with E-state index in [1.807, 2.05) is 50.1 Å². The number of hydrogen-bond acceptors (Lipinski definition) is 3. The molecular formula is C19H30ClN3O2. The second-order valence-electron chi connectivity index (χ2n) is 7.02. The van der Waals surface area contributed by atoms with Crippen LogP contribution in [0.2, 0.25) is 0 Å². The third-order valence-corrected chi connectivity index (χ3v) is 4.73. The number of piperidine rings is 1. The minimum absolute atomic E-state index is 0. The molecule has 25 heavy (non-hydrogen) atoms. The van der Waals surface area contributed by atoms with Crippen LogP contribution in [-0.4, -0.2) is 48.3 Å². The zero-order valence-electron chi connectivity index (χ0n) is 15.4. The average Bonchev–Trinajstić information content (AvgIpc) is 2.61. The number of carbonyl (C=O) groups is 2. The number of benzene rings is 1. The molecule has 140 valence electrons. The Morgan fingerprint density at radius 3 is 2.24 bits per heavy atom.